The van der Waals surface area contributed by atoms with Gasteiger partial charge in [0.25, 0.3) is 0 Å². The van der Waals surface area contributed by atoms with Crippen molar-refractivity contribution in [3.05, 3.63) is 35.5 Å². The molecule has 0 saturated carbocycles. The van der Waals surface area contributed by atoms with Crippen molar-refractivity contribution in [2.45, 2.75) is 39.7 Å². The van der Waals surface area contributed by atoms with Crippen LogP contribution in [-0.4, -0.2) is 31.3 Å². The summed E-state index contributed by atoms with van der Waals surface area (Å²) in [5.41, 5.74) is 3.66. The van der Waals surface area contributed by atoms with Gasteiger partial charge in [-0.05, 0) is 30.9 Å². The second-order valence-corrected chi connectivity index (χ2v) is 7.45. The van der Waals surface area contributed by atoms with Crippen molar-refractivity contribution in [2.24, 2.45) is 5.41 Å². The van der Waals surface area contributed by atoms with E-state index in [2.05, 4.69) is 24.5 Å². The van der Waals surface area contributed by atoms with E-state index in [1.165, 1.54) is 0 Å². The van der Waals surface area contributed by atoms with E-state index in [0.29, 0.717) is 6.42 Å². The number of fused-ring (bicyclic) bond motifs is 1. The Balaban J connectivity index is 2.10. The molecule has 24 heavy (non-hydrogen) atoms. The predicted molar refractivity (Wildman–Crippen MR) is 96.0 cm³/mol. The lowest BCUT2D eigenvalue weighted by atomic mass is 9.74. The zero-order valence-corrected chi connectivity index (χ0v) is 14.8. The fraction of sp³-hybridized carbons (Fsp3) is 0.474. The van der Waals surface area contributed by atoms with Gasteiger partial charge in [0.1, 0.15) is 0 Å². The van der Waals surface area contributed by atoms with Crippen LogP contribution in [0.5, 0.6) is 0 Å². The van der Waals surface area contributed by atoms with E-state index in [0.717, 1.165) is 29.1 Å². The van der Waals surface area contributed by atoms with Crippen molar-refractivity contribution in [1.29, 1.82) is 0 Å². The van der Waals surface area contributed by atoms with Crippen LogP contribution in [0.4, 0.5) is 11.4 Å². The third-order valence-electron chi connectivity index (χ3n) is 4.90. The van der Waals surface area contributed by atoms with Gasteiger partial charge in [-0.1, -0.05) is 26.0 Å². The zero-order chi connectivity index (χ0) is 17.5. The van der Waals surface area contributed by atoms with Crippen LogP contribution in [0.15, 0.2) is 35.5 Å². The maximum absolute atomic E-state index is 12.8. The number of Topliss-reactive ketones (excluding diaryl/α,β-unsaturated/α-hetero) is 1. The molecule has 128 valence electrons. The van der Waals surface area contributed by atoms with Gasteiger partial charge in [0.2, 0.25) is 5.91 Å². The first-order valence-electron chi connectivity index (χ1n) is 8.42. The fourth-order valence-corrected chi connectivity index (χ4v) is 3.74. The number of amides is 1. The molecule has 1 amide bonds. The van der Waals surface area contributed by atoms with E-state index in [4.69, 9.17) is 0 Å². The summed E-state index contributed by atoms with van der Waals surface area (Å²) in [5, 5.41) is 6.16. The van der Waals surface area contributed by atoms with Gasteiger partial charge in [-0.2, -0.15) is 0 Å². The molecule has 1 aliphatic heterocycles. The van der Waals surface area contributed by atoms with Crippen LogP contribution in [0, 0.1) is 5.41 Å². The molecule has 1 heterocycles. The van der Waals surface area contributed by atoms with Crippen LogP contribution in [0.3, 0.4) is 0 Å². The lowest BCUT2D eigenvalue weighted by Crippen LogP contribution is -2.44. The number of para-hydroxylation sites is 2. The van der Waals surface area contributed by atoms with Gasteiger partial charge in [0, 0.05) is 24.7 Å². The molecule has 1 atom stereocenters. The molecule has 0 fully saturated rings. The topological polar surface area (TPSA) is 61.4 Å². The normalized spacial score (nSPS) is 22.2. The average molecular weight is 327 g/mol. The van der Waals surface area contributed by atoms with Crippen molar-refractivity contribution < 1.29 is 9.59 Å². The minimum atomic E-state index is -0.142. The summed E-state index contributed by atoms with van der Waals surface area (Å²) in [6.45, 7) is 6.49. The van der Waals surface area contributed by atoms with Gasteiger partial charge < -0.3 is 15.5 Å². The first-order valence-corrected chi connectivity index (χ1v) is 8.42. The molecular formula is C19H25N3O2. The van der Waals surface area contributed by atoms with Crippen LogP contribution in [0.25, 0.3) is 0 Å². The molecule has 2 aliphatic rings. The standard InChI is InChI=1S/C19H25N3O2/c1-12-18-14(9-19(2,3)10-16(18)23)21-13-7-5-6-8-15(13)22(12)11-17(24)20-4/h5-8,12,21H,9-11H2,1-4H3,(H,20,24)/t12-/m1/s1. The van der Waals surface area contributed by atoms with E-state index < -0.39 is 0 Å². The number of carbonyl (C=O) groups excluding carboxylic acids is 2. The molecule has 1 aromatic carbocycles. The highest BCUT2D eigenvalue weighted by Crippen LogP contribution is 2.43. The number of carbonyl (C=O) groups is 2. The van der Waals surface area contributed by atoms with Crippen molar-refractivity contribution in [3.63, 3.8) is 0 Å². The van der Waals surface area contributed by atoms with Gasteiger partial charge in [0.15, 0.2) is 5.78 Å². The number of rotatable bonds is 2. The van der Waals surface area contributed by atoms with E-state index >= 15 is 0 Å². The number of ketones is 1. The zero-order valence-electron chi connectivity index (χ0n) is 14.8. The largest absolute Gasteiger partial charge is 0.358 e. The molecule has 5 nitrogen and oxygen atoms in total. The summed E-state index contributed by atoms with van der Waals surface area (Å²) in [6.07, 6.45) is 1.38. The molecule has 0 radical (unpaired) electrons. The highest BCUT2D eigenvalue weighted by Gasteiger charge is 2.39. The highest BCUT2D eigenvalue weighted by atomic mass is 16.2. The predicted octanol–water partition coefficient (Wildman–Crippen LogP) is 2.70. The highest BCUT2D eigenvalue weighted by molar-refractivity contribution is 6.01. The minimum absolute atomic E-state index is 0.0481. The first kappa shape index (κ1) is 16.6. The summed E-state index contributed by atoms with van der Waals surface area (Å²) in [6, 6.07) is 7.78. The third-order valence-corrected chi connectivity index (χ3v) is 4.90. The molecule has 3 rings (SSSR count). The summed E-state index contributed by atoms with van der Waals surface area (Å²) in [4.78, 5) is 26.9. The van der Waals surface area contributed by atoms with Crippen molar-refractivity contribution in [2.75, 3.05) is 23.8 Å². The number of hydrogen-bond donors (Lipinski definition) is 2. The van der Waals surface area contributed by atoms with Crippen molar-refractivity contribution >= 4 is 23.1 Å². The average Bonchev–Trinajstić information content (AvgIpc) is 2.61. The number of allylic oxidation sites excluding steroid dienone is 1. The van der Waals surface area contributed by atoms with Gasteiger partial charge in [0.05, 0.1) is 24.0 Å². The molecule has 0 unspecified atom stereocenters. The molecule has 5 heteroatoms. The third kappa shape index (κ3) is 2.90. The Hall–Kier alpha value is -2.30. The van der Waals surface area contributed by atoms with Gasteiger partial charge in [-0.25, -0.2) is 0 Å². The molecular weight excluding hydrogens is 302 g/mol. The summed E-state index contributed by atoms with van der Waals surface area (Å²) < 4.78 is 0. The number of benzene rings is 1. The Bertz CT molecular complexity index is 721. The summed E-state index contributed by atoms with van der Waals surface area (Å²) in [5.74, 6) is 0.111. The molecule has 0 spiro atoms. The Morgan fingerprint density at radius 2 is 2.04 bits per heavy atom. The number of anilines is 2. The van der Waals surface area contributed by atoms with E-state index in [1.807, 2.05) is 36.1 Å². The van der Waals surface area contributed by atoms with E-state index in [9.17, 15) is 9.59 Å². The molecule has 0 aromatic heterocycles. The van der Waals surface area contributed by atoms with Gasteiger partial charge >= 0.3 is 0 Å². The molecule has 0 saturated heterocycles. The molecule has 1 aliphatic carbocycles. The Labute approximate surface area is 143 Å². The van der Waals surface area contributed by atoms with Crippen LogP contribution < -0.4 is 15.5 Å². The van der Waals surface area contributed by atoms with E-state index in [-0.39, 0.29) is 29.7 Å². The Morgan fingerprint density at radius 3 is 2.75 bits per heavy atom. The quantitative estimate of drug-likeness (QED) is 0.877. The second kappa shape index (κ2) is 5.96. The van der Waals surface area contributed by atoms with Crippen LogP contribution >= 0.6 is 0 Å². The maximum atomic E-state index is 12.8. The monoisotopic (exact) mass is 327 g/mol. The molecule has 2 N–H and O–H groups in total. The lowest BCUT2D eigenvalue weighted by Gasteiger charge is -2.35. The van der Waals surface area contributed by atoms with Crippen LogP contribution in [0.2, 0.25) is 0 Å². The fourth-order valence-electron chi connectivity index (χ4n) is 3.74. The van der Waals surface area contributed by atoms with Gasteiger partial charge in [-0.3, -0.25) is 9.59 Å². The number of nitrogens with one attached hydrogen (secondary N) is 2. The maximum Gasteiger partial charge on any atom is 0.239 e. The lowest BCUT2D eigenvalue weighted by molar-refractivity contribution is -0.120. The number of likely N-dealkylation sites (N-methyl/N-ethyl adjacent to an activating group) is 1. The Kier molecular flexibility index (Phi) is 4.11. The molecule has 1 aromatic rings. The minimum Gasteiger partial charge on any atom is -0.358 e. The smallest absolute Gasteiger partial charge is 0.239 e. The summed E-state index contributed by atoms with van der Waals surface area (Å²) >= 11 is 0. The second-order valence-electron chi connectivity index (χ2n) is 7.45. The van der Waals surface area contributed by atoms with Crippen molar-refractivity contribution in [1.82, 2.24) is 5.32 Å². The van der Waals surface area contributed by atoms with E-state index in [1.54, 1.807) is 7.05 Å². The van der Waals surface area contributed by atoms with Crippen LogP contribution in [-0.2, 0) is 9.59 Å². The number of nitrogens with zero attached hydrogens (tertiary/aromatic N) is 1. The van der Waals surface area contributed by atoms with Crippen molar-refractivity contribution in [3.8, 4) is 0 Å². The first-order chi connectivity index (χ1) is 11.3. The van der Waals surface area contributed by atoms with Gasteiger partial charge in [-0.15, -0.1) is 0 Å². The SMILES string of the molecule is CNC(=O)CN1c2ccccc2NC2=C(C(=O)CC(C)(C)C2)[C@H]1C. The van der Waals surface area contributed by atoms with Crippen LogP contribution in [0.1, 0.15) is 33.6 Å². The number of hydrogen-bond acceptors (Lipinski definition) is 4. The summed E-state index contributed by atoms with van der Waals surface area (Å²) in [7, 11) is 1.63. The molecule has 0 bridgehead atoms. The Morgan fingerprint density at radius 1 is 1.33 bits per heavy atom.